The van der Waals surface area contributed by atoms with E-state index < -0.39 is 17.5 Å². The summed E-state index contributed by atoms with van der Waals surface area (Å²) in [5.41, 5.74) is 7.85. The zero-order valence-corrected chi connectivity index (χ0v) is 8.10. The second kappa shape index (κ2) is 5.37. The third-order valence-electron chi connectivity index (χ3n) is 0.886. The van der Waals surface area contributed by atoms with E-state index in [9.17, 15) is 25.7 Å². The molecule has 1 rings (SSSR count). The van der Waals surface area contributed by atoms with Gasteiger partial charge < -0.3 is 17.3 Å². The molecule has 1 aromatic heterocycles. The van der Waals surface area contributed by atoms with Crippen LogP contribution in [0.5, 0.6) is 0 Å². The number of hydrogen-bond acceptors (Lipinski definition) is 3. The second-order valence-corrected chi connectivity index (χ2v) is 3.52. The van der Waals surface area contributed by atoms with Crippen molar-refractivity contribution in [1.82, 2.24) is 8.96 Å². The van der Waals surface area contributed by atoms with Gasteiger partial charge in [0.1, 0.15) is 6.33 Å². The van der Waals surface area contributed by atoms with Gasteiger partial charge in [-0.3, -0.25) is 0 Å². The first-order valence-electron chi connectivity index (χ1n) is 3.34. The topological polar surface area (TPSA) is 101 Å². The van der Waals surface area contributed by atoms with Crippen molar-refractivity contribution in [3.05, 3.63) is 29.2 Å². The molecular weight excluding hydrogens is 257 g/mol. The zero-order chi connectivity index (χ0) is 12.8. The summed E-state index contributed by atoms with van der Waals surface area (Å²) >= 11 is 0. The molecule has 0 radical (unpaired) electrons. The average Bonchev–Trinajstić information content (AvgIpc) is 2.51. The molecule has 0 aliphatic heterocycles. The van der Waals surface area contributed by atoms with Crippen LogP contribution in [0.25, 0.3) is 10.4 Å². The maximum Gasteiger partial charge on any atom is 0.673 e. The molecule has 0 atom stereocenters. The molecule has 90 valence electrons. The Morgan fingerprint density at radius 1 is 1.38 bits per heavy atom. The number of imidazole rings is 1. The van der Waals surface area contributed by atoms with Crippen LogP contribution in [0, 0.1) is 0 Å². The summed E-state index contributed by atoms with van der Waals surface area (Å²) in [4.78, 5) is 5.62. The van der Waals surface area contributed by atoms with Gasteiger partial charge in [0, 0.05) is 17.3 Å². The van der Waals surface area contributed by atoms with Crippen molar-refractivity contribution in [3.8, 4) is 0 Å². The molecule has 0 spiro atoms. The van der Waals surface area contributed by atoms with Crippen molar-refractivity contribution in [2.75, 3.05) is 0 Å². The van der Waals surface area contributed by atoms with Gasteiger partial charge in [0.15, 0.2) is 0 Å². The Morgan fingerprint density at radius 2 is 1.88 bits per heavy atom. The Morgan fingerprint density at radius 3 is 2.19 bits per heavy atom. The Hall–Kier alpha value is -1.75. The van der Waals surface area contributed by atoms with E-state index in [1.165, 1.54) is 12.4 Å². The van der Waals surface area contributed by atoms with Gasteiger partial charge in [-0.1, -0.05) is 0 Å². The summed E-state index contributed by atoms with van der Waals surface area (Å²) < 4.78 is 63.9. The van der Waals surface area contributed by atoms with Crippen molar-refractivity contribution < 1.29 is 25.7 Å². The van der Waals surface area contributed by atoms with Gasteiger partial charge in [-0.15, -0.1) is 0 Å². The fraction of sp³-hybridized carbons (Fsp3) is 0. The van der Waals surface area contributed by atoms with Crippen molar-refractivity contribution in [3.63, 3.8) is 0 Å². The summed E-state index contributed by atoms with van der Waals surface area (Å²) in [6.07, 6.45) is 3.47. The van der Waals surface area contributed by atoms with E-state index in [2.05, 4.69) is 14.4 Å². The fourth-order valence-corrected chi connectivity index (χ4v) is 1.03. The minimum atomic E-state index is -6.00. The molecule has 0 N–H and O–H groups in total. The van der Waals surface area contributed by atoms with Crippen LogP contribution >= 0.6 is 0 Å². The van der Waals surface area contributed by atoms with E-state index >= 15 is 0 Å². The largest absolute Gasteiger partial charge is 0.673 e. The number of halogens is 4. The van der Waals surface area contributed by atoms with Crippen LogP contribution in [-0.4, -0.2) is 24.6 Å². The van der Waals surface area contributed by atoms with Crippen molar-refractivity contribution in [2.45, 2.75) is 0 Å². The van der Waals surface area contributed by atoms with Crippen LogP contribution in [0.2, 0.25) is 0 Å². The highest BCUT2D eigenvalue weighted by Crippen LogP contribution is 2.06. The molecule has 1 aromatic rings. The average molecular weight is 260 g/mol. The summed E-state index contributed by atoms with van der Waals surface area (Å²) in [5, 5.41) is 0. The summed E-state index contributed by atoms with van der Waals surface area (Å²) in [5.74, 6) is 0. The third-order valence-corrected chi connectivity index (χ3v) is 1.91. The Balaban J connectivity index is 0.000000385. The summed E-state index contributed by atoms with van der Waals surface area (Å²) in [6.45, 7) is 0. The molecule has 0 fully saturated rings. The van der Waals surface area contributed by atoms with Crippen LogP contribution in [0.15, 0.2) is 23.2 Å². The number of hydrogen-bond donors (Lipinski definition) is 0. The van der Waals surface area contributed by atoms with Crippen LogP contribution in [-0.2, 0) is 10.2 Å². The molecule has 16 heavy (non-hydrogen) atoms. The van der Waals surface area contributed by atoms with Crippen molar-refractivity contribution in [1.29, 1.82) is 0 Å². The molecule has 0 saturated carbocycles. The minimum absolute atomic E-state index is 0.715. The van der Waals surface area contributed by atoms with Crippen LogP contribution in [0.1, 0.15) is 0 Å². The first-order chi connectivity index (χ1) is 7.17. The lowest BCUT2D eigenvalue weighted by Gasteiger charge is -1.94. The summed E-state index contributed by atoms with van der Waals surface area (Å²) in [7, 11) is -9.90. The highest BCUT2D eigenvalue weighted by Gasteiger charge is 2.20. The highest BCUT2D eigenvalue weighted by atomic mass is 32.2. The van der Waals surface area contributed by atoms with Gasteiger partial charge in [0.25, 0.3) is 0 Å². The molecule has 0 unspecified atom stereocenters. The van der Waals surface area contributed by atoms with Gasteiger partial charge in [0.2, 0.25) is 0 Å². The minimum Gasteiger partial charge on any atom is -0.418 e. The lowest BCUT2D eigenvalue weighted by atomic mass is 10.3. The molecule has 0 saturated heterocycles. The van der Waals surface area contributed by atoms with Crippen LogP contribution in [0.4, 0.5) is 17.3 Å². The van der Waals surface area contributed by atoms with Crippen molar-refractivity contribution in [2.24, 2.45) is 4.52 Å². The van der Waals surface area contributed by atoms with Gasteiger partial charge >= 0.3 is 17.5 Å². The molecule has 1 heterocycles. The van der Waals surface area contributed by atoms with Gasteiger partial charge in [-0.05, 0) is 5.53 Å². The molecular formula is C3H3BF4N5O2S-. The fourth-order valence-electron chi connectivity index (χ4n) is 0.472. The standard InChI is InChI=1S/C3H3N5O2S.BF4/c4-6-7-11(9,10)8-2-1-5-3-8;2-1(3,4)5/h1-3H;/q;-1. The predicted molar refractivity (Wildman–Crippen MR) is 45.9 cm³/mol. The summed E-state index contributed by atoms with van der Waals surface area (Å²) in [6, 6.07) is 0. The Kier molecular flexibility index (Phi) is 4.78. The predicted octanol–water partition coefficient (Wildman–Crippen LogP) is 1.59. The SMILES string of the molecule is F[B-](F)(F)F.[N-]=[N+]=NS(=O)(=O)n1ccnc1. The monoisotopic (exact) mass is 260 g/mol. The lowest BCUT2D eigenvalue weighted by Crippen LogP contribution is -2.05. The van der Waals surface area contributed by atoms with Gasteiger partial charge in [-0.25, -0.2) is 8.96 Å². The maximum absolute atomic E-state index is 10.8. The maximum atomic E-state index is 10.8. The van der Waals surface area contributed by atoms with Crippen molar-refractivity contribution >= 4 is 17.5 Å². The number of nitrogens with zero attached hydrogens (tertiary/aromatic N) is 5. The van der Waals surface area contributed by atoms with Gasteiger partial charge in [0.05, 0.1) is 4.52 Å². The Bertz CT molecular complexity index is 456. The Labute approximate surface area is 86.6 Å². The third kappa shape index (κ3) is 6.67. The zero-order valence-electron chi connectivity index (χ0n) is 7.28. The van der Waals surface area contributed by atoms with Crippen LogP contribution < -0.4 is 0 Å². The number of rotatable bonds is 2. The van der Waals surface area contributed by atoms with E-state index in [-0.39, 0.29) is 0 Å². The van der Waals surface area contributed by atoms with E-state index in [0.717, 1.165) is 6.33 Å². The first kappa shape index (κ1) is 14.3. The molecule has 0 aliphatic rings. The molecule has 0 bridgehead atoms. The molecule has 7 nitrogen and oxygen atoms in total. The van der Waals surface area contributed by atoms with Crippen LogP contribution in [0.3, 0.4) is 0 Å². The quantitative estimate of drug-likeness (QED) is 0.265. The molecule has 0 amide bonds. The van der Waals surface area contributed by atoms with E-state index in [1.54, 1.807) is 0 Å². The second-order valence-electron chi connectivity index (χ2n) is 2.04. The van der Waals surface area contributed by atoms with Gasteiger partial charge in [-0.2, -0.15) is 8.42 Å². The molecule has 13 heteroatoms. The first-order valence-corrected chi connectivity index (χ1v) is 4.73. The number of aromatic nitrogens is 2. The normalized spacial score (nSPS) is 11.0. The molecule has 0 aromatic carbocycles. The van der Waals surface area contributed by atoms with E-state index in [4.69, 9.17) is 5.53 Å². The number of azide groups is 1. The lowest BCUT2D eigenvalue weighted by molar-refractivity contribution is 0.368. The van der Waals surface area contributed by atoms with E-state index in [0.29, 0.717) is 3.97 Å². The smallest absolute Gasteiger partial charge is 0.418 e. The highest BCUT2D eigenvalue weighted by molar-refractivity contribution is 7.88. The molecule has 0 aliphatic carbocycles. The van der Waals surface area contributed by atoms with E-state index in [1.807, 2.05) is 0 Å².